The predicted octanol–water partition coefficient (Wildman–Crippen LogP) is 3.07. The molecule has 1 aliphatic rings. The maximum atomic E-state index is 12.5. The molecule has 1 aromatic carbocycles. The van der Waals surface area contributed by atoms with Crippen molar-refractivity contribution in [3.8, 4) is 0 Å². The van der Waals surface area contributed by atoms with E-state index in [1.54, 1.807) is 17.3 Å². The molecule has 6 heteroatoms. The van der Waals surface area contributed by atoms with E-state index in [0.717, 1.165) is 17.1 Å². The van der Waals surface area contributed by atoms with Crippen LogP contribution in [0.15, 0.2) is 36.7 Å². The predicted molar refractivity (Wildman–Crippen MR) is 101 cm³/mol. The van der Waals surface area contributed by atoms with Gasteiger partial charge in [-0.05, 0) is 19.1 Å². The van der Waals surface area contributed by atoms with Crippen molar-refractivity contribution in [1.29, 1.82) is 0 Å². The first-order chi connectivity index (χ1) is 12.2. The van der Waals surface area contributed by atoms with Gasteiger partial charge in [-0.1, -0.05) is 38.5 Å². The molecule has 6 nitrogen and oxygen atoms in total. The van der Waals surface area contributed by atoms with Gasteiger partial charge in [-0.2, -0.15) is 0 Å². The molecule has 0 radical (unpaired) electrons. The van der Waals surface area contributed by atoms with E-state index in [1.165, 1.54) is 0 Å². The molecule has 1 unspecified atom stereocenters. The molecule has 1 fully saturated rings. The van der Waals surface area contributed by atoms with E-state index >= 15 is 0 Å². The van der Waals surface area contributed by atoms with Crippen LogP contribution < -0.4 is 10.2 Å². The molecule has 1 aromatic heterocycles. The van der Waals surface area contributed by atoms with Crippen LogP contribution in [0.25, 0.3) is 0 Å². The molecule has 26 heavy (non-hydrogen) atoms. The molecule has 0 bridgehead atoms. The first kappa shape index (κ1) is 18.0. The van der Waals surface area contributed by atoms with Crippen LogP contribution in [0.1, 0.15) is 38.6 Å². The number of amides is 2. The van der Waals surface area contributed by atoms with Crippen LogP contribution in [-0.2, 0) is 15.0 Å². The summed E-state index contributed by atoms with van der Waals surface area (Å²) in [5, 5.41) is 2.82. The van der Waals surface area contributed by atoms with Gasteiger partial charge in [0.15, 0.2) is 0 Å². The topological polar surface area (TPSA) is 75.2 Å². The van der Waals surface area contributed by atoms with E-state index in [2.05, 4.69) is 15.3 Å². The second-order valence-corrected chi connectivity index (χ2v) is 7.78. The number of carbonyl (C=O) groups is 2. The van der Waals surface area contributed by atoms with E-state index in [-0.39, 0.29) is 29.6 Å². The minimum absolute atomic E-state index is 0.0340. The standard InChI is InChI=1S/C20H24N4O2/c1-13-5-7-16(8-6-13)24-12-14(9-17(24)25)18(26)23-15-10-21-19(22-11-15)20(2,3)4/h5-8,10-11,14H,9,12H2,1-4H3,(H,23,26). The lowest BCUT2D eigenvalue weighted by molar-refractivity contribution is -0.122. The summed E-state index contributed by atoms with van der Waals surface area (Å²) in [7, 11) is 0. The second kappa shape index (κ2) is 6.86. The van der Waals surface area contributed by atoms with Gasteiger partial charge in [0.25, 0.3) is 0 Å². The fourth-order valence-electron chi connectivity index (χ4n) is 2.88. The number of aryl methyl sites for hydroxylation is 1. The molecule has 1 atom stereocenters. The lowest BCUT2D eigenvalue weighted by Gasteiger charge is -2.17. The van der Waals surface area contributed by atoms with Gasteiger partial charge in [0, 0.05) is 24.1 Å². The van der Waals surface area contributed by atoms with Crippen molar-refractivity contribution in [2.24, 2.45) is 5.92 Å². The Balaban J connectivity index is 1.65. The van der Waals surface area contributed by atoms with Gasteiger partial charge in [-0.25, -0.2) is 9.97 Å². The Bertz CT molecular complexity index is 807. The van der Waals surface area contributed by atoms with Crippen LogP contribution in [0.4, 0.5) is 11.4 Å². The highest BCUT2D eigenvalue weighted by molar-refractivity contribution is 6.03. The van der Waals surface area contributed by atoms with Crippen LogP contribution in [0.2, 0.25) is 0 Å². The number of aromatic nitrogens is 2. The van der Waals surface area contributed by atoms with Gasteiger partial charge < -0.3 is 10.2 Å². The summed E-state index contributed by atoms with van der Waals surface area (Å²) in [5.74, 6) is 0.122. The second-order valence-electron chi connectivity index (χ2n) is 7.78. The average molecular weight is 352 g/mol. The summed E-state index contributed by atoms with van der Waals surface area (Å²) in [6, 6.07) is 7.74. The largest absolute Gasteiger partial charge is 0.323 e. The third-order valence-corrected chi connectivity index (χ3v) is 4.43. The Morgan fingerprint density at radius 1 is 1.15 bits per heavy atom. The van der Waals surface area contributed by atoms with Gasteiger partial charge >= 0.3 is 0 Å². The van der Waals surface area contributed by atoms with Crippen molar-refractivity contribution in [3.63, 3.8) is 0 Å². The summed E-state index contributed by atoms with van der Waals surface area (Å²) >= 11 is 0. The molecule has 0 aliphatic carbocycles. The molecular weight excluding hydrogens is 328 g/mol. The zero-order chi connectivity index (χ0) is 18.9. The van der Waals surface area contributed by atoms with Gasteiger partial charge in [0.2, 0.25) is 11.8 Å². The van der Waals surface area contributed by atoms with Crippen molar-refractivity contribution in [2.75, 3.05) is 16.8 Å². The smallest absolute Gasteiger partial charge is 0.229 e. The summed E-state index contributed by atoms with van der Waals surface area (Å²) in [4.78, 5) is 35.1. The van der Waals surface area contributed by atoms with Crippen LogP contribution >= 0.6 is 0 Å². The number of rotatable bonds is 3. The Morgan fingerprint density at radius 2 is 1.77 bits per heavy atom. The molecule has 1 saturated heterocycles. The molecule has 0 saturated carbocycles. The minimum Gasteiger partial charge on any atom is -0.323 e. The fourth-order valence-corrected chi connectivity index (χ4v) is 2.88. The summed E-state index contributed by atoms with van der Waals surface area (Å²) in [6.45, 7) is 8.48. The van der Waals surface area contributed by atoms with Crippen LogP contribution in [0, 0.1) is 12.8 Å². The Morgan fingerprint density at radius 3 is 2.35 bits per heavy atom. The molecular formula is C20H24N4O2. The number of benzene rings is 1. The Kier molecular flexibility index (Phi) is 4.76. The summed E-state index contributed by atoms with van der Waals surface area (Å²) in [6.07, 6.45) is 3.43. The first-order valence-electron chi connectivity index (χ1n) is 8.74. The Labute approximate surface area is 153 Å². The number of carbonyl (C=O) groups excluding carboxylic acids is 2. The lowest BCUT2D eigenvalue weighted by Crippen LogP contribution is -2.28. The maximum absolute atomic E-state index is 12.5. The average Bonchev–Trinajstić information content (AvgIpc) is 2.97. The third kappa shape index (κ3) is 3.90. The minimum atomic E-state index is -0.383. The zero-order valence-corrected chi connectivity index (χ0v) is 15.6. The van der Waals surface area contributed by atoms with E-state index < -0.39 is 0 Å². The number of hydrogen-bond acceptors (Lipinski definition) is 4. The molecule has 3 rings (SSSR count). The van der Waals surface area contributed by atoms with E-state index in [1.807, 2.05) is 52.0 Å². The van der Waals surface area contributed by atoms with Gasteiger partial charge in [0.1, 0.15) is 5.82 Å². The normalized spacial score (nSPS) is 17.5. The van der Waals surface area contributed by atoms with Crippen molar-refractivity contribution < 1.29 is 9.59 Å². The lowest BCUT2D eigenvalue weighted by atomic mass is 9.96. The van der Waals surface area contributed by atoms with E-state index in [4.69, 9.17) is 0 Å². The number of anilines is 2. The summed E-state index contributed by atoms with van der Waals surface area (Å²) < 4.78 is 0. The SMILES string of the molecule is Cc1ccc(N2CC(C(=O)Nc3cnc(C(C)(C)C)nc3)CC2=O)cc1. The highest BCUT2D eigenvalue weighted by atomic mass is 16.2. The van der Waals surface area contributed by atoms with E-state index in [9.17, 15) is 9.59 Å². The molecule has 0 spiro atoms. The number of nitrogens with one attached hydrogen (secondary N) is 1. The van der Waals surface area contributed by atoms with E-state index in [0.29, 0.717) is 12.2 Å². The van der Waals surface area contributed by atoms with Crippen molar-refractivity contribution in [1.82, 2.24) is 9.97 Å². The van der Waals surface area contributed by atoms with Gasteiger partial charge in [-0.15, -0.1) is 0 Å². The molecule has 2 amide bonds. The molecule has 136 valence electrons. The molecule has 1 N–H and O–H groups in total. The molecule has 1 aliphatic heterocycles. The zero-order valence-electron chi connectivity index (χ0n) is 15.6. The Hall–Kier alpha value is -2.76. The van der Waals surface area contributed by atoms with Crippen LogP contribution in [-0.4, -0.2) is 28.3 Å². The van der Waals surface area contributed by atoms with Crippen LogP contribution in [0.3, 0.4) is 0 Å². The maximum Gasteiger partial charge on any atom is 0.229 e. The van der Waals surface area contributed by atoms with Crippen molar-refractivity contribution in [2.45, 2.75) is 39.5 Å². The monoisotopic (exact) mass is 352 g/mol. The summed E-state index contributed by atoms with van der Waals surface area (Å²) in [5.41, 5.74) is 2.36. The van der Waals surface area contributed by atoms with Gasteiger partial charge in [0.05, 0.1) is 24.0 Å². The molecule has 2 aromatic rings. The van der Waals surface area contributed by atoms with Crippen molar-refractivity contribution >= 4 is 23.2 Å². The van der Waals surface area contributed by atoms with Crippen molar-refractivity contribution in [3.05, 3.63) is 48.0 Å². The highest BCUT2D eigenvalue weighted by Gasteiger charge is 2.35. The number of hydrogen-bond donors (Lipinski definition) is 1. The van der Waals surface area contributed by atoms with Crippen LogP contribution in [0.5, 0.6) is 0 Å². The number of nitrogens with zero attached hydrogens (tertiary/aromatic N) is 3. The van der Waals surface area contributed by atoms with Gasteiger partial charge in [-0.3, -0.25) is 9.59 Å². The highest BCUT2D eigenvalue weighted by Crippen LogP contribution is 2.26. The third-order valence-electron chi connectivity index (χ3n) is 4.43. The molecule has 2 heterocycles. The first-order valence-corrected chi connectivity index (χ1v) is 8.74. The quantitative estimate of drug-likeness (QED) is 0.921. The fraction of sp³-hybridized carbons (Fsp3) is 0.400.